The maximum absolute atomic E-state index is 6.15. The molecule has 1 aliphatic rings. The van der Waals surface area contributed by atoms with E-state index in [1.165, 1.54) is 11.3 Å². The van der Waals surface area contributed by atoms with Crippen molar-refractivity contribution < 1.29 is 0 Å². The van der Waals surface area contributed by atoms with Gasteiger partial charge in [0.25, 0.3) is 0 Å². The second-order valence-corrected chi connectivity index (χ2v) is 7.05. The molecular formula is C16H26ClN3. The molecule has 0 aromatic heterocycles. The van der Waals surface area contributed by atoms with E-state index in [0.29, 0.717) is 0 Å². The van der Waals surface area contributed by atoms with Crippen molar-refractivity contribution in [2.75, 3.05) is 31.6 Å². The number of likely N-dealkylation sites (N-methyl/N-ethyl adjacent to an activating group) is 1. The third kappa shape index (κ3) is 3.46. The van der Waals surface area contributed by atoms with E-state index >= 15 is 0 Å². The Balaban J connectivity index is 2.28. The van der Waals surface area contributed by atoms with E-state index in [1.54, 1.807) is 0 Å². The summed E-state index contributed by atoms with van der Waals surface area (Å²) in [6, 6.07) is 6.33. The molecule has 0 spiro atoms. The molecular weight excluding hydrogens is 270 g/mol. The van der Waals surface area contributed by atoms with Gasteiger partial charge in [-0.15, -0.1) is 0 Å². The van der Waals surface area contributed by atoms with Crippen molar-refractivity contribution in [3.8, 4) is 0 Å². The third-order valence-corrected chi connectivity index (χ3v) is 4.48. The molecule has 0 bridgehead atoms. The van der Waals surface area contributed by atoms with E-state index in [0.717, 1.165) is 31.1 Å². The number of rotatable bonds is 3. The van der Waals surface area contributed by atoms with Gasteiger partial charge in [-0.05, 0) is 58.0 Å². The van der Waals surface area contributed by atoms with Crippen LogP contribution in [0.4, 0.5) is 5.69 Å². The Hall–Kier alpha value is -0.770. The summed E-state index contributed by atoms with van der Waals surface area (Å²) >= 11 is 6.15. The second kappa shape index (κ2) is 5.92. The number of nitrogens with two attached hydrogens (primary N) is 1. The quantitative estimate of drug-likeness (QED) is 0.931. The maximum atomic E-state index is 6.15. The SMILES string of the molecule is CC(N)Cc1cc(Cl)ccc1N1CCN(C)C(C)(C)C1. The molecule has 1 fully saturated rings. The summed E-state index contributed by atoms with van der Waals surface area (Å²) in [4.78, 5) is 4.89. The largest absolute Gasteiger partial charge is 0.368 e. The van der Waals surface area contributed by atoms with Crippen molar-refractivity contribution >= 4 is 17.3 Å². The Morgan fingerprint density at radius 1 is 1.35 bits per heavy atom. The zero-order valence-corrected chi connectivity index (χ0v) is 13.7. The van der Waals surface area contributed by atoms with Gasteiger partial charge in [0.2, 0.25) is 0 Å². The second-order valence-electron chi connectivity index (χ2n) is 6.61. The first-order valence-electron chi connectivity index (χ1n) is 7.30. The van der Waals surface area contributed by atoms with Crippen molar-refractivity contribution in [2.45, 2.75) is 38.8 Å². The number of anilines is 1. The van der Waals surface area contributed by atoms with Crippen LogP contribution in [-0.4, -0.2) is 43.2 Å². The molecule has 0 saturated carbocycles. The number of piperazine rings is 1. The van der Waals surface area contributed by atoms with Crippen molar-refractivity contribution in [2.24, 2.45) is 5.73 Å². The van der Waals surface area contributed by atoms with Gasteiger partial charge < -0.3 is 10.6 Å². The molecule has 1 heterocycles. The van der Waals surface area contributed by atoms with Crippen LogP contribution < -0.4 is 10.6 Å². The standard InChI is InChI=1S/C16H26ClN3/c1-12(18)9-13-10-14(17)5-6-15(13)20-8-7-19(4)16(2,3)11-20/h5-6,10,12H,7-9,11,18H2,1-4H3. The van der Waals surface area contributed by atoms with E-state index in [4.69, 9.17) is 17.3 Å². The molecule has 4 heteroatoms. The highest BCUT2D eigenvalue weighted by Gasteiger charge is 2.31. The number of hydrogen-bond acceptors (Lipinski definition) is 3. The van der Waals surface area contributed by atoms with Crippen LogP contribution in [0.3, 0.4) is 0 Å². The molecule has 1 aromatic carbocycles. The summed E-state index contributed by atoms with van der Waals surface area (Å²) in [5, 5.41) is 0.790. The fraction of sp³-hybridized carbons (Fsp3) is 0.625. The Morgan fingerprint density at radius 2 is 2.05 bits per heavy atom. The zero-order chi connectivity index (χ0) is 14.9. The van der Waals surface area contributed by atoms with E-state index < -0.39 is 0 Å². The Morgan fingerprint density at radius 3 is 2.65 bits per heavy atom. The van der Waals surface area contributed by atoms with Gasteiger partial charge >= 0.3 is 0 Å². The summed E-state index contributed by atoms with van der Waals surface area (Å²) in [6.07, 6.45) is 0.864. The molecule has 1 aliphatic heterocycles. The fourth-order valence-electron chi connectivity index (χ4n) is 2.82. The van der Waals surface area contributed by atoms with E-state index in [1.807, 2.05) is 13.0 Å². The van der Waals surface area contributed by atoms with Gasteiger partial charge in [0.1, 0.15) is 0 Å². The molecule has 1 aromatic rings. The van der Waals surface area contributed by atoms with Gasteiger partial charge in [0.15, 0.2) is 0 Å². The van der Waals surface area contributed by atoms with Crippen LogP contribution in [0.1, 0.15) is 26.3 Å². The van der Waals surface area contributed by atoms with E-state index in [9.17, 15) is 0 Å². The van der Waals surface area contributed by atoms with Crippen molar-refractivity contribution in [3.63, 3.8) is 0 Å². The van der Waals surface area contributed by atoms with Gasteiger partial charge in [0, 0.05) is 41.9 Å². The fourth-order valence-corrected chi connectivity index (χ4v) is 3.01. The first-order chi connectivity index (χ1) is 9.29. The van der Waals surface area contributed by atoms with Crippen LogP contribution in [0.5, 0.6) is 0 Å². The van der Waals surface area contributed by atoms with Gasteiger partial charge in [-0.3, -0.25) is 4.90 Å². The van der Waals surface area contributed by atoms with Crippen molar-refractivity contribution in [3.05, 3.63) is 28.8 Å². The zero-order valence-electron chi connectivity index (χ0n) is 13.0. The molecule has 1 saturated heterocycles. The minimum absolute atomic E-state index is 0.146. The monoisotopic (exact) mass is 295 g/mol. The molecule has 3 nitrogen and oxygen atoms in total. The van der Waals surface area contributed by atoms with Crippen LogP contribution in [-0.2, 0) is 6.42 Å². The lowest BCUT2D eigenvalue weighted by molar-refractivity contribution is 0.139. The summed E-state index contributed by atoms with van der Waals surface area (Å²) in [5.74, 6) is 0. The number of nitrogens with zero attached hydrogens (tertiary/aromatic N) is 2. The maximum Gasteiger partial charge on any atom is 0.0410 e. The van der Waals surface area contributed by atoms with Gasteiger partial charge in [-0.1, -0.05) is 11.6 Å². The molecule has 0 aliphatic carbocycles. The topological polar surface area (TPSA) is 32.5 Å². The van der Waals surface area contributed by atoms with Crippen molar-refractivity contribution in [1.82, 2.24) is 4.90 Å². The molecule has 0 radical (unpaired) electrons. The first kappa shape index (κ1) is 15.6. The molecule has 20 heavy (non-hydrogen) atoms. The first-order valence-corrected chi connectivity index (χ1v) is 7.67. The minimum atomic E-state index is 0.146. The number of halogens is 1. The molecule has 1 atom stereocenters. The molecule has 112 valence electrons. The van der Waals surface area contributed by atoms with Crippen LogP contribution in [0.2, 0.25) is 5.02 Å². The van der Waals surface area contributed by atoms with Gasteiger partial charge in [-0.2, -0.15) is 0 Å². The Labute approximate surface area is 127 Å². The molecule has 2 N–H and O–H groups in total. The van der Waals surface area contributed by atoms with Gasteiger partial charge in [-0.25, -0.2) is 0 Å². The molecule has 2 rings (SSSR count). The normalized spacial score (nSPS) is 21.0. The Bertz CT molecular complexity index is 471. The number of hydrogen-bond donors (Lipinski definition) is 1. The van der Waals surface area contributed by atoms with Crippen molar-refractivity contribution in [1.29, 1.82) is 0 Å². The highest BCUT2D eigenvalue weighted by Crippen LogP contribution is 2.29. The lowest BCUT2D eigenvalue weighted by Gasteiger charge is -2.46. The van der Waals surface area contributed by atoms with Crippen LogP contribution >= 0.6 is 11.6 Å². The Kier molecular flexibility index (Phi) is 4.62. The average Bonchev–Trinajstić information content (AvgIpc) is 2.32. The summed E-state index contributed by atoms with van der Waals surface area (Å²) in [7, 11) is 2.20. The average molecular weight is 296 g/mol. The van der Waals surface area contributed by atoms with Crippen LogP contribution in [0.25, 0.3) is 0 Å². The summed E-state index contributed by atoms with van der Waals surface area (Å²) < 4.78 is 0. The number of benzene rings is 1. The van der Waals surface area contributed by atoms with Gasteiger partial charge in [0.05, 0.1) is 0 Å². The summed E-state index contributed by atoms with van der Waals surface area (Å²) in [6.45, 7) is 9.77. The minimum Gasteiger partial charge on any atom is -0.368 e. The highest BCUT2D eigenvalue weighted by molar-refractivity contribution is 6.30. The predicted molar refractivity (Wildman–Crippen MR) is 87.7 cm³/mol. The molecule has 1 unspecified atom stereocenters. The predicted octanol–water partition coefficient (Wildman–Crippen LogP) is 2.76. The molecule has 0 amide bonds. The third-order valence-electron chi connectivity index (χ3n) is 4.24. The summed E-state index contributed by atoms with van der Waals surface area (Å²) in [5.41, 5.74) is 8.70. The van der Waals surface area contributed by atoms with Crippen LogP contribution in [0.15, 0.2) is 18.2 Å². The lowest BCUT2D eigenvalue weighted by Crippen LogP contribution is -2.57. The van der Waals surface area contributed by atoms with Crippen LogP contribution in [0, 0.1) is 0 Å². The smallest absolute Gasteiger partial charge is 0.0410 e. The van der Waals surface area contributed by atoms with E-state index in [-0.39, 0.29) is 11.6 Å². The lowest BCUT2D eigenvalue weighted by atomic mass is 9.97. The highest BCUT2D eigenvalue weighted by atomic mass is 35.5. The van der Waals surface area contributed by atoms with E-state index in [2.05, 4.69) is 42.8 Å².